The maximum Gasteiger partial charge on any atom is 0.215 e. The van der Waals surface area contributed by atoms with E-state index < -0.39 is 10.0 Å². The second-order valence-corrected chi connectivity index (χ2v) is 8.44. The van der Waals surface area contributed by atoms with Crippen molar-refractivity contribution in [3.63, 3.8) is 0 Å². The number of hydrogen-bond acceptors (Lipinski definition) is 4. The van der Waals surface area contributed by atoms with Crippen LogP contribution in [0.25, 0.3) is 10.9 Å². The lowest BCUT2D eigenvalue weighted by molar-refractivity contribution is 0.232. The average molecular weight is 333 g/mol. The highest BCUT2D eigenvalue weighted by atomic mass is 32.2. The van der Waals surface area contributed by atoms with Crippen LogP contribution in [0.4, 0.5) is 0 Å². The number of pyridine rings is 1. The lowest BCUT2D eigenvalue weighted by Crippen LogP contribution is -2.43. The largest absolute Gasteiger partial charge is 0.317 e. The van der Waals surface area contributed by atoms with Crippen molar-refractivity contribution in [3.8, 4) is 0 Å². The summed E-state index contributed by atoms with van der Waals surface area (Å²) >= 11 is 0. The van der Waals surface area contributed by atoms with Gasteiger partial charge in [0.2, 0.25) is 10.0 Å². The molecule has 2 N–H and O–H groups in total. The number of para-hydroxylation sites is 1. The third kappa shape index (κ3) is 4.07. The highest BCUT2D eigenvalue weighted by molar-refractivity contribution is 7.88. The number of aromatic nitrogens is 1. The number of benzene rings is 1. The fraction of sp³-hybridized carbons (Fsp3) is 0.471. The molecule has 5 nitrogen and oxygen atoms in total. The van der Waals surface area contributed by atoms with Crippen LogP contribution in [0.5, 0.6) is 0 Å². The molecule has 1 fully saturated rings. The molecule has 1 aliphatic heterocycles. The molecular weight excluding hydrogens is 310 g/mol. The minimum Gasteiger partial charge on any atom is -0.317 e. The van der Waals surface area contributed by atoms with E-state index in [1.807, 2.05) is 30.3 Å². The highest BCUT2D eigenvalue weighted by Gasteiger charge is 2.28. The molecule has 1 saturated heterocycles. The van der Waals surface area contributed by atoms with Gasteiger partial charge in [-0.25, -0.2) is 13.1 Å². The summed E-state index contributed by atoms with van der Waals surface area (Å²) < 4.78 is 27.7. The van der Waals surface area contributed by atoms with Crippen molar-refractivity contribution in [2.24, 2.45) is 5.41 Å². The molecule has 1 aromatic heterocycles. The van der Waals surface area contributed by atoms with Crippen molar-refractivity contribution in [3.05, 3.63) is 42.1 Å². The first kappa shape index (κ1) is 16.4. The van der Waals surface area contributed by atoms with E-state index in [-0.39, 0.29) is 11.2 Å². The molecular formula is C17H23N3O2S. The van der Waals surface area contributed by atoms with E-state index in [0.29, 0.717) is 6.54 Å². The molecule has 0 amide bonds. The van der Waals surface area contributed by atoms with Gasteiger partial charge < -0.3 is 5.32 Å². The molecule has 23 heavy (non-hydrogen) atoms. The van der Waals surface area contributed by atoms with Crippen molar-refractivity contribution >= 4 is 20.9 Å². The van der Waals surface area contributed by atoms with Gasteiger partial charge in [0.25, 0.3) is 0 Å². The summed E-state index contributed by atoms with van der Waals surface area (Å²) in [7, 11) is -3.37. The van der Waals surface area contributed by atoms with Gasteiger partial charge in [0, 0.05) is 18.1 Å². The van der Waals surface area contributed by atoms with E-state index in [1.165, 1.54) is 0 Å². The zero-order chi connectivity index (χ0) is 16.3. The second-order valence-electron chi connectivity index (χ2n) is 6.63. The third-order valence-corrected chi connectivity index (χ3v) is 5.87. The highest BCUT2D eigenvalue weighted by Crippen LogP contribution is 2.27. The van der Waals surface area contributed by atoms with Crippen molar-refractivity contribution in [1.82, 2.24) is 15.0 Å². The van der Waals surface area contributed by atoms with E-state index in [0.717, 1.165) is 42.4 Å². The minimum atomic E-state index is -3.37. The van der Waals surface area contributed by atoms with Crippen LogP contribution >= 0.6 is 0 Å². The van der Waals surface area contributed by atoms with E-state index in [9.17, 15) is 8.42 Å². The molecule has 124 valence electrons. The van der Waals surface area contributed by atoms with Crippen LogP contribution in [0.1, 0.15) is 25.3 Å². The first-order valence-corrected chi connectivity index (χ1v) is 9.63. The average Bonchev–Trinajstić information content (AvgIpc) is 2.54. The molecule has 0 aliphatic carbocycles. The first-order chi connectivity index (χ1) is 11.0. The Morgan fingerprint density at radius 2 is 1.96 bits per heavy atom. The van der Waals surface area contributed by atoms with E-state index in [4.69, 9.17) is 0 Å². The summed E-state index contributed by atoms with van der Waals surface area (Å²) in [6.45, 7) is 4.54. The van der Waals surface area contributed by atoms with E-state index >= 15 is 0 Å². The molecule has 6 heteroatoms. The van der Waals surface area contributed by atoms with Gasteiger partial charge in [-0.3, -0.25) is 4.98 Å². The Balaban J connectivity index is 1.73. The fourth-order valence-electron chi connectivity index (χ4n) is 3.03. The lowest BCUT2D eigenvalue weighted by atomic mass is 9.81. The number of hydrogen-bond donors (Lipinski definition) is 2. The molecule has 0 unspecified atom stereocenters. The smallest absolute Gasteiger partial charge is 0.215 e. The molecule has 2 aromatic rings. The van der Waals surface area contributed by atoms with Gasteiger partial charge in [0.15, 0.2) is 0 Å². The van der Waals surface area contributed by atoms with Gasteiger partial charge >= 0.3 is 0 Å². The van der Waals surface area contributed by atoms with Gasteiger partial charge in [-0.1, -0.05) is 31.2 Å². The second kappa shape index (κ2) is 6.55. The topological polar surface area (TPSA) is 71.1 Å². The molecule has 3 rings (SSSR count). The number of piperidine rings is 1. The minimum absolute atomic E-state index is 0.0321. The van der Waals surface area contributed by atoms with Gasteiger partial charge in [0.05, 0.1) is 11.3 Å². The fourth-order valence-corrected chi connectivity index (χ4v) is 4.34. The Morgan fingerprint density at radius 1 is 1.22 bits per heavy atom. The summed E-state index contributed by atoms with van der Waals surface area (Å²) in [6, 6.07) is 9.46. The first-order valence-electron chi connectivity index (χ1n) is 7.98. The predicted octanol–water partition coefficient (Wildman–Crippen LogP) is 2.04. The summed E-state index contributed by atoms with van der Waals surface area (Å²) in [5.74, 6) is -0.0321. The maximum atomic E-state index is 12.5. The Hall–Kier alpha value is -1.50. The Morgan fingerprint density at radius 3 is 2.74 bits per heavy atom. The van der Waals surface area contributed by atoms with Crippen LogP contribution < -0.4 is 10.0 Å². The van der Waals surface area contributed by atoms with Crippen molar-refractivity contribution in [1.29, 1.82) is 0 Å². The van der Waals surface area contributed by atoms with Gasteiger partial charge in [0.1, 0.15) is 0 Å². The normalized spacial score (nSPS) is 18.1. The molecule has 0 radical (unpaired) electrons. The van der Waals surface area contributed by atoms with Gasteiger partial charge in [-0.05, 0) is 43.0 Å². The molecule has 0 spiro atoms. The van der Waals surface area contributed by atoms with Crippen LogP contribution in [0.3, 0.4) is 0 Å². The van der Waals surface area contributed by atoms with Crippen molar-refractivity contribution in [2.45, 2.75) is 25.5 Å². The van der Waals surface area contributed by atoms with E-state index in [2.05, 4.69) is 21.9 Å². The van der Waals surface area contributed by atoms with Crippen LogP contribution in [-0.4, -0.2) is 33.0 Å². The molecule has 0 atom stereocenters. The number of fused-ring (bicyclic) bond motifs is 1. The molecule has 1 aliphatic rings. The van der Waals surface area contributed by atoms with Gasteiger partial charge in [-0.15, -0.1) is 0 Å². The summed E-state index contributed by atoms with van der Waals surface area (Å²) in [5.41, 5.74) is 1.54. The van der Waals surface area contributed by atoms with E-state index in [1.54, 1.807) is 6.20 Å². The number of nitrogens with zero attached hydrogens (tertiary/aromatic N) is 1. The predicted molar refractivity (Wildman–Crippen MR) is 92.6 cm³/mol. The quantitative estimate of drug-likeness (QED) is 0.878. The standard InChI is InChI=1S/C17H23N3O2S/c1-17(7-10-18-11-8-17)13-20-23(21,22)12-15-5-2-4-14-6-3-9-19-16(14)15/h2-6,9,18,20H,7-8,10-13H2,1H3. The van der Waals surface area contributed by atoms with Crippen molar-refractivity contribution < 1.29 is 8.42 Å². The Labute approximate surface area is 137 Å². The lowest BCUT2D eigenvalue weighted by Gasteiger charge is -2.34. The number of nitrogens with one attached hydrogen (secondary N) is 2. The third-order valence-electron chi connectivity index (χ3n) is 4.59. The summed E-state index contributed by atoms with van der Waals surface area (Å²) in [5, 5.41) is 4.27. The monoisotopic (exact) mass is 333 g/mol. The molecule has 2 heterocycles. The summed E-state index contributed by atoms with van der Waals surface area (Å²) in [4.78, 5) is 4.33. The van der Waals surface area contributed by atoms with Crippen LogP contribution in [0.15, 0.2) is 36.5 Å². The van der Waals surface area contributed by atoms with Crippen LogP contribution in [0, 0.1) is 5.41 Å². The molecule has 1 aromatic carbocycles. The Bertz CT molecular complexity index is 778. The SMILES string of the molecule is CC1(CNS(=O)(=O)Cc2cccc3cccnc23)CCNCC1. The van der Waals surface area contributed by atoms with Crippen LogP contribution in [0.2, 0.25) is 0 Å². The Kier molecular flexibility index (Phi) is 4.66. The molecule has 0 saturated carbocycles. The van der Waals surface area contributed by atoms with Crippen molar-refractivity contribution in [2.75, 3.05) is 19.6 Å². The number of rotatable bonds is 5. The zero-order valence-corrected chi connectivity index (χ0v) is 14.2. The maximum absolute atomic E-state index is 12.5. The van der Waals surface area contributed by atoms with Crippen LogP contribution in [-0.2, 0) is 15.8 Å². The van der Waals surface area contributed by atoms with Gasteiger partial charge in [-0.2, -0.15) is 0 Å². The zero-order valence-electron chi connectivity index (χ0n) is 13.4. The molecule has 0 bridgehead atoms. The number of sulfonamides is 1. The summed E-state index contributed by atoms with van der Waals surface area (Å²) in [6.07, 6.45) is 3.68.